The molecule has 1 atom stereocenters. The molecule has 0 bridgehead atoms. The molecule has 0 radical (unpaired) electrons. The monoisotopic (exact) mass is 477 g/mol. The first-order valence-electron chi connectivity index (χ1n) is 11.9. The number of hydrogen-bond donors (Lipinski definition) is 1. The summed E-state index contributed by atoms with van der Waals surface area (Å²) < 4.78 is 27.4. The molecule has 0 spiro atoms. The van der Waals surface area contributed by atoms with E-state index in [-0.39, 0.29) is 16.7 Å². The van der Waals surface area contributed by atoms with E-state index in [0.29, 0.717) is 31.7 Å². The van der Waals surface area contributed by atoms with E-state index in [1.807, 2.05) is 0 Å². The number of benzene rings is 1. The smallest absolute Gasteiger partial charge is 0.243 e. The number of likely N-dealkylation sites (N-methyl/N-ethyl adjacent to an activating group) is 1. The van der Waals surface area contributed by atoms with E-state index in [2.05, 4.69) is 22.2 Å². The zero-order valence-corrected chi connectivity index (χ0v) is 20.4. The molecule has 1 N–H and O–H groups in total. The van der Waals surface area contributed by atoms with Gasteiger partial charge in [0.15, 0.2) is 0 Å². The fourth-order valence-electron chi connectivity index (χ4n) is 4.97. The van der Waals surface area contributed by atoms with E-state index in [0.717, 1.165) is 57.5 Å². The number of rotatable bonds is 7. The zero-order chi connectivity index (χ0) is 23.6. The Morgan fingerprint density at radius 2 is 1.76 bits per heavy atom. The van der Waals surface area contributed by atoms with E-state index in [9.17, 15) is 18.0 Å². The molecule has 0 aromatic heterocycles. The summed E-state index contributed by atoms with van der Waals surface area (Å²) in [5.74, 6) is -0.412. The van der Waals surface area contributed by atoms with Crippen LogP contribution in [-0.2, 0) is 26.0 Å². The lowest BCUT2D eigenvalue weighted by molar-refractivity contribution is -0.125. The second kappa shape index (κ2) is 10.1. The van der Waals surface area contributed by atoms with Gasteiger partial charge in [0.2, 0.25) is 21.8 Å². The number of nitrogens with one attached hydrogen (secondary N) is 1. The number of carbonyl (C=O) groups is 2. The van der Waals surface area contributed by atoms with Crippen molar-refractivity contribution in [3.05, 3.63) is 23.8 Å². The summed E-state index contributed by atoms with van der Waals surface area (Å²) in [6.07, 6.45) is 2.93. The SMILES string of the molecule is CC(=O)N1c2ccc(S(=O)(=O)N3CCCC3)cc2C[C@H]1C(=O)NCCCN1CCN(C)CC1. The minimum atomic E-state index is -3.55. The third-order valence-corrected chi connectivity index (χ3v) is 8.82. The molecule has 3 aliphatic heterocycles. The number of carbonyl (C=O) groups excluding carboxylic acids is 2. The van der Waals surface area contributed by atoms with Gasteiger partial charge in [-0.2, -0.15) is 4.31 Å². The summed E-state index contributed by atoms with van der Waals surface area (Å²) in [7, 11) is -1.42. The standard InChI is InChI=1S/C23H35N5O4S/c1-18(29)28-21-7-6-20(33(31,32)27-10-3-4-11-27)16-19(21)17-22(28)23(30)24-8-5-9-26-14-12-25(2)13-15-26/h6-7,16,22H,3-5,8-15,17H2,1-2H3,(H,24,30)/t22-/m0/s1. The third-order valence-electron chi connectivity index (χ3n) is 6.93. The molecule has 10 heteroatoms. The summed E-state index contributed by atoms with van der Waals surface area (Å²) >= 11 is 0. The highest BCUT2D eigenvalue weighted by Gasteiger charge is 2.38. The van der Waals surface area contributed by atoms with Gasteiger partial charge in [-0.3, -0.25) is 14.5 Å². The summed E-state index contributed by atoms with van der Waals surface area (Å²) in [4.78, 5) is 31.8. The van der Waals surface area contributed by atoms with Crippen molar-refractivity contribution < 1.29 is 18.0 Å². The maximum atomic E-state index is 13.0. The van der Waals surface area contributed by atoms with Crippen molar-refractivity contribution in [2.75, 3.05) is 64.3 Å². The predicted octanol–water partition coefficient (Wildman–Crippen LogP) is 0.502. The lowest BCUT2D eigenvalue weighted by atomic mass is 10.1. The molecule has 33 heavy (non-hydrogen) atoms. The summed E-state index contributed by atoms with van der Waals surface area (Å²) in [5.41, 5.74) is 1.35. The molecule has 1 aromatic rings. The van der Waals surface area contributed by atoms with Crippen molar-refractivity contribution in [3.8, 4) is 0 Å². The molecule has 9 nitrogen and oxygen atoms in total. The number of amides is 2. The molecule has 3 aliphatic rings. The summed E-state index contributed by atoms with van der Waals surface area (Å²) in [6, 6.07) is 4.21. The number of nitrogens with zero attached hydrogens (tertiary/aromatic N) is 4. The minimum absolute atomic E-state index is 0.191. The average Bonchev–Trinajstić information content (AvgIpc) is 3.46. The minimum Gasteiger partial charge on any atom is -0.354 e. The van der Waals surface area contributed by atoms with Crippen LogP contribution in [0.2, 0.25) is 0 Å². The molecule has 182 valence electrons. The maximum Gasteiger partial charge on any atom is 0.243 e. The van der Waals surface area contributed by atoms with Gasteiger partial charge in [-0.1, -0.05) is 0 Å². The highest BCUT2D eigenvalue weighted by molar-refractivity contribution is 7.89. The molecule has 0 aliphatic carbocycles. The average molecular weight is 478 g/mol. The predicted molar refractivity (Wildman–Crippen MR) is 127 cm³/mol. The van der Waals surface area contributed by atoms with E-state index < -0.39 is 16.1 Å². The first-order chi connectivity index (χ1) is 15.8. The second-order valence-corrected chi connectivity index (χ2v) is 11.2. The molecular weight excluding hydrogens is 442 g/mol. The molecule has 0 unspecified atom stereocenters. The first-order valence-corrected chi connectivity index (χ1v) is 13.3. The fraction of sp³-hybridized carbons (Fsp3) is 0.652. The van der Waals surface area contributed by atoms with Crippen LogP contribution in [0.5, 0.6) is 0 Å². The lowest BCUT2D eigenvalue weighted by Gasteiger charge is -2.32. The van der Waals surface area contributed by atoms with E-state index in [1.165, 1.54) is 16.1 Å². The Kier molecular flexibility index (Phi) is 7.37. The van der Waals surface area contributed by atoms with Crippen LogP contribution < -0.4 is 10.2 Å². The van der Waals surface area contributed by atoms with E-state index in [1.54, 1.807) is 18.2 Å². The zero-order valence-electron chi connectivity index (χ0n) is 19.6. The van der Waals surface area contributed by atoms with Gasteiger partial charge in [0.1, 0.15) is 6.04 Å². The second-order valence-electron chi connectivity index (χ2n) is 9.30. The summed E-state index contributed by atoms with van der Waals surface area (Å²) in [6.45, 7) is 8.23. The van der Waals surface area contributed by atoms with Gasteiger partial charge in [-0.25, -0.2) is 8.42 Å². The van der Waals surface area contributed by atoms with Crippen molar-refractivity contribution >= 4 is 27.5 Å². The number of anilines is 1. The van der Waals surface area contributed by atoms with Crippen molar-refractivity contribution in [2.24, 2.45) is 0 Å². The van der Waals surface area contributed by atoms with Crippen LogP contribution in [0.25, 0.3) is 0 Å². The molecule has 2 saturated heterocycles. The molecular formula is C23H35N5O4S. The van der Waals surface area contributed by atoms with Gasteiger partial charge in [-0.15, -0.1) is 0 Å². The van der Waals surface area contributed by atoms with Crippen LogP contribution in [0.3, 0.4) is 0 Å². The van der Waals surface area contributed by atoms with Crippen LogP contribution in [0.4, 0.5) is 5.69 Å². The Hall–Kier alpha value is -2.01. The molecule has 3 heterocycles. The Morgan fingerprint density at radius 1 is 1.06 bits per heavy atom. The molecule has 2 fully saturated rings. The van der Waals surface area contributed by atoms with Crippen LogP contribution in [0, 0.1) is 0 Å². The largest absolute Gasteiger partial charge is 0.354 e. The number of fused-ring (bicyclic) bond motifs is 1. The van der Waals surface area contributed by atoms with Crippen LogP contribution >= 0.6 is 0 Å². The Balaban J connectivity index is 1.38. The van der Waals surface area contributed by atoms with Crippen molar-refractivity contribution in [2.45, 2.75) is 43.5 Å². The van der Waals surface area contributed by atoms with Gasteiger partial charge < -0.3 is 15.1 Å². The fourth-order valence-corrected chi connectivity index (χ4v) is 6.54. The van der Waals surface area contributed by atoms with E-state index >= 15 is 0 Å². The Labute approximate surface area is 196 Å². The molecule has 1 aromatic carbocycles. The van der Waals surface area contributed by atoms with Gasteiger partial charge >= 0.3 is 0 Å². The quantitative estimate of drug-likeness (QED) is 0.575. The lowest BCUT2D eigenvalue weighted by Crippen LogP contribution is -2.48. The molecule has 4 rings (SSSR count). The number of piperazine rings is 1. The topological polar surface area (TPSA) is 93.3 Å². The van der Waals surface area contributed by atoms with Gasteiger partial charge in [0, 0.05) is 64.8 Å². The van der Waals surface area contributed by atoms with Crippen molar-refractivity contribution in [3.63, 3.8) is 0 Å². The first kappa shape index (κ1) is 24.1. The number of hydrogen-bond acceptors (Lipinski definition) is 6. The number of sulfonamides is 1. The Morgan fingerprint density at radius 3 is 2.42 bits per heavy atom. The summed E-state index contributed by atoms with van der Waals surface area (Å²) in [5, 5.41) is 2.99. The van der Waals surface area contributed by atoms with Gasteiger partial charge in [0.25, 0.3) is 0 Å². The van der Waals surface area contributed by atoms with Crippen LogP contribution in [0.15, 0.2) is 23.1 Å². The van der Waals surface area contributed by atoms with Gasteiger partial charge in [-0.05, 0) is 56.6 Å². The van der Waals surface area contributed by atoms with Crippen molar-refractivity contribution in [1.29, 1.82) is 0 Å². The molecule has 0 saturated carbocycles. The van der Waals surface area contributed by atoms with Crippen LogP contribution in [-0.4, -0.2) is 99.8 Å². The maximum absolute atomic E-state index is 13.0. The highest BCUT2D eigenvalue weighted by atomic mass is 32.2. The van der Waals surface area contributed by atoms with Crippen molar-refractivity contribution in [1.82, 2.24) is 19.4 Å². The van der Waals surface area contributed by atoms with E-state index in [4.69, 9.17) is 0 Å². The Bertz CT molecular complexity index is 985. The normalized spacial score (nSPS) is 22.5. The van der Waals surface area contributed by atoms with Gasteiger partial charge in [0.05, 0.1) is 4.90 Å². The third kappa shape index (κ3) is 5.24. The highest BCUT2D eigenvalue weighted by Crippen LogP contribution is 2.35. The van der Waals surface area contributed by atoms with Crippen LogP contribution in [0.1, 0.15) is 31.7 Å². The molecule has 2 amide bonds.